The number of aromatic nitrogens is 5. The van der Waals surface area contributed by atoms with Crippen molar-refractivity contribution in [2.75, 3.05) is 0 Å². The van der Waals surface area contributed by atoms with Crippen molar-refractivity contribution in [3.05, 3.63) is 64.6 Å². The van der Waals surface area contributed by atoms with Gasteiger partial charge in [0.05, 0.1) is 5.56 Å². The summed E-state index contributed by atoms with van der Waals surface area (Å²) >= 11 is 3.36. The van der Waals surface area contributed by atoms with Crippen LogP contribution in [-0.2, 0) is 0 Å². The van der Waals surface area contributed by atoms with Crippen LogP contribution in [0.2, 0.25) is 0 Å². The van der Waals surface area contributed by atoms with E-state index in [1.165, 1.54) is 10.6 Å². The molecule has 0 bridgehead atoms. The Morgan fingerprint density at radius 2 is 1.88 bits per heavy atom. The van der Waals surface area contributed by atoms with E-state index in [9.17, 15) is 4.39 Å². The number of halogens is 2. The molecule has 4 aromatic rings. The Bertz CT molecular complexity index is 1080. The Morgan fingerprint density at radius 3 is 2.68 bits per heavy atom. The van der Waals surface area contributed by atoms with Crippen LogP contribution in [0.15, 0.2) is 53.1 Å². The minimum atomic E-state index is -0.393. The first kappa shape index (κ1) is 15.6. The molecule has 0 spiro atoms. The van der Waals surface area contributed by atoms with E-state index in [1.54, 1.807) is 36.4 Å². The zero-order chi connectivity index (χ0) is 17.4. The number of nitrogens with zero attached hydrogens (tertiary/aromatic N) is 5. The van der Waals surface area contributed by atoms with Crippen LogP contribution < -0.4 is 4.74 Å². The normalized spacial score (nSPS) is 11.0. The molecule has 0 radical (unpaired) electrons. The van der Waals surface area contributed by atoms with E-state index < -0.39 is 5.82 Å². The number of pyridine rings is 1. The molecule has 0 amide bonds. The average Bonchev–Trinajstić information content (AvgIpc) is 3.01. The zero-order valence-electron chi connectivity index (χ0n) is 13.0. The van der Waals surface area contributed by atoms with Crippen molar-refractivity contribution < 1.29 is 9.13 Å². The molecule has 3 aromatic heterocycles. The molecule has 6 nitrogen and oxygen atoms in total. The van der Waals surface area contributed by atoms with Crippen LogP contribution in [0.5, 0.6) is 11.6 Å². The lowest BCUT2D eigenvalue weighted by Crippen LogP contribution is -1.99. The maximum atomic E-state index is 14.1. The van der Waals surface area contributed by atoms with Crippen LogP contribution in [0.3, 0.4) is 0 Å². The van der Waals surface area contributed by atoms with Gasteiger partial charge in [0.25, 0.3) is 0 Å². The maximum absolute atomic E-state index is 14.1. The molecule has 1 aromatic carbocycles. The van der Waals surface area contributed by atoms with Crippen molar-refractivity contribution in [1.29, 1.82) is 0 Å². The summed E-state index contributed by atoms with van der Waals surface area (Å²) in [6, 6.07) is 13.3. The monoisotopic (exact) mass is 399 g/mol. The number of hydrogen-bond acceptors (Lipinski definition) is 5. The Kier molecular flexibility index (Phi) is 3.89. The van der Waals surface area contributed by atoms with Gasteiger partial charge in [-0.25, -0.2) is 9.37 Å². The SMILES string of the molecule is Cc1ccc(Oc2ccc3nnc(-c4ccccc4F)n3n2)c(Br)n1. The molecule has 0 aliphatic carbocycles. The van der Waals surface area contributed by atoms with Crippen LogP contribution in [-0.4, -0.2) is 24.8 Å². The minimum Gasteiger partial charge on any atom is -0.435 e. The lowest BCUT2D eigenvalue weighted by molar-refractivity contribution is 0.447. The van der Waals surface area contributed by atoms with Gasteiger partial charge in [-0.15, -0.1) is 15.3 Å². The Morgan fingerprint density at radius 1 is 1.04 bits per heavy atom. The highest BCUT2D eigenvalue weighted by atomic mass is 79.9. The smallest absolute Gasteiger partial charge is 0.237 e. The van der Waals surface area contributed by atoms with Crippen molar-refractivity contribution >= 4 is 21.6 Å². The van der Waals surface area contributed by atoms with Crippen molar-refractivity contribution in [1.82, 2.24) is 24.8 Å². The van der Waals surface area contributed by atoms with Crippen LogP contribution in [0, 0.1) is 12.7 Å². The van der Waals surface area contributed by atoms with Gasteiger partial charge in [0.1, 0.15) is 10.4 Å². The molecule has 3 heterocycles. The topological polar surface area (TPSA) is 65.2 Å². The highest BCUT2D eigenvalue weighted by Crippen LogP contribution is 2.28. The Balaban J connectivity index is 1.77. The van der Waals surface area contributed by atoms with Crippen LogP contribution >= 0.6 is 15.9 Å². The van der Waals surface area contributed by atoms with Gasteiger partial charge in [0.2, 0.25) is 5.88 Å². The van der Waals surface area contributed by atoms with Crippen molar-refractivity contribution in [3.8, 4) is 23.0 Å². The molecule has 4 rings (SSSR count). The molecule has 0 saturated carbocycles. The van der Waals surface area contributed by atoms with Crippen molar-refractivity contribution in [2.24, 2.45) is 0 Å². The maximum Gasteiger partial charge on any atom is 0.237 e. The third-order valence-electron chi connectivity index (χ3n) is 3.52. The van der Waals surface area contributed by atoms with E-state index in [0.29, 0.717) is 33.3 Å². The lowest BCUT2D eigenvalue weighted by Gasteiger charge is -2.07. The van der Waals surface area contributed by atoms with E-state index in [2.05, 4.69) is 36.2 Å². The summed E-state index contributed by atoms with van der Waals surface area (Å²) < 4.78 is 21.9. The van der Waals surface area contributed by atoms with E-state index in [-0.39, 0.29) is 0 Å². The molecule has 0 unspecified atom stereocenters. The van der Waals surface area contributed by atoms with Crippen LogP contribution in [0.25, 0.3) is 17.0 Å². The molecule has 0 saturated heterocycles. The molecule has 25 heavy (non-hydrogen) atoms. The van der Waals surface area contributed by atoms with Crippen molar-refractivity contribution in [3.63, 3.8) is 0 Å². The van der Waals surface area contributed by atoms with E-state index in [0.717, 1.165) is 5.69 Å². The molecular formula is C17H11BrFN5O. The van der Waals surface area contributed by atoms with Gasteiger partial charge in [0, 0.05) is 11.8 Å². The number of ether oxygens (including phenoxy) is 1. The summed E-state index contributed by atoms with van der Waals surface area (Å²) in [4.78, 5) is 4.28. The second-order valence-corrected chi connectivity index (χ2v) is 6.04. The highest BCUT2D eigenvalue weighted by Gasteiger charge is 2.14. The molecule has 0 aliphatic rings. The first-order chi connectivity index (χ1) is 12.1. The quantitative estimate of drug-likeness (QED) is 0.483. The first-order valence-electron chi connectivity index (χ1n) is 7.40. The van der Waals surface area contributed by atoms with E-state index >= 15 is 0 Å². The van der Waals surface area contributed by atoms with Crippen molar-refractivity contribution in [2.45, 2.75) is 6.92 Å². The zero-order valence-corrected chi connectivity index (χ0v) is 14.6. The Hall–Kier alpha value is -2.87. The van der Waals surface area contributed by atoms with Gasteiger partial charge in [-0.3, -0.25) is 0 Å². The number of hydrogen-bond donors (Lipinski definition) is 0. The molecule has 0 fully saturated rings. The van der Waals surface area contributed by atoms with Crippen LogP contribution in [0.1, 0.15) is 5.69 Å². The fourth-order valence-electron chi connectivity index (χ4n) is 2.34. The highest BCUT2D eigenvalue weighted by molar-refractivity contribution is 9.10. The third-order valence-corrected chi connectivity index (χ3v) is 4.09. The number of rotatable bonds is 3. The minimum absolute atomic E-state index is 0.305. The predicted molar refractivity (Wildman–Crippen MR) is 92.9 cm³/mol. The number of fused-ring (bicyclic) bond motifs is 1. The van der Waals surface area contributed by atoms with Gasteiger partial charge in [-0.05, 0) is 53.2 Å². The summed E-state index contributed by atoms with van der Waals surface area (Å²) in [6.07, 6.45) is 0. The second kappa shape index (κ2) is 6.21. The number of benzene rings is 1. The Labute approximate surface area is 150 Å². The van der Waals surface area contributed by atoms with Crippen LogP contribution in [0.4, 0.5) is 4.39 Å². The van der Waals surface area contributed by atoms with Gasteiger partial charge < -0.3 is 4.74 Å². The first-order valence-corrected chi connectivity index (χ1v) is 8.19. The van der Waals surface area contributed by atoms with E-state index in [1.807, 2.05) is 13.0 Å². The van der Waals surface area contributed by atoms with E-state index in [4.69, 9.17) is 4.74 Å². The fourth-order valence-corrected chi connectivity index (χ4v) is 2.83. The largest absolute Gasteiger partial charge is 0.435 e. The molecule has 124 valence electrons. The lowest BCUT2D eigenvalue weighted by atomic mass is 10.2. The predicted octanol–water partition coefficient (Wildman–Crippen LogP) is 4.19. The van der Waals surface area contributed by atoms with Gasteiger partial charge in [0.15, 0.2) is 17.2 Å². The molecule has 8 heteroatoms. The molecule has 0 N–H and O–H groups in total. The average molecular weight is 400 g/mol. The molecule has 0 atom stereocenters. The number of aryl methyl sites for hydroxylation is 1. The van der Waals surface area contributed by atoms with Gasteiger partial charge in [-0.2, -0.15) is 4.52 Å². The third kappa shape index (κ3) is 2.96. The summed E-state index contributed by atoms with van der Waals surface area (Å²) in [5, 5.41) is 12.4. The standard InChI is InChI=1S/C17H11BrFN5O/c1-10-6-7-13(16(18)20-10)25-15-9-8-14-21-22-17(24(14)23-15)11-4-2-3-5-12(11)19/h2-9H,1H3. The summed E-state index contributed by atoms with van der Waals surface area (Å²) in [6.45, 7) is 1.89. The summed E-state index contributed by atoms with van der Waals surface area (Å²) in [5.41, 5.74) is 1.67. The second-order valence-electron chi connectivity index (χ2n) is 5.29. The molecule has 0 aliphatic heterocycles. The summed E-state index contributed by atoms with van der Waals surface area (Å²) in [7, 11) is 0. The van der Waals surface area contributed by atoms with Gasteiger partial charge >= 0.3 is 0 Å². The fraction of sp³-hybridized carbons (Fsp3) is 0.0588. The van der Waals surface area contributed by atoms with Gasteiger partial charge in [-0.1, -0.05) is 12.1 Å². The molecular weight excluding hydrogens is 389 g/mol. The summed E-state index contributed by atoms with van der Waals surface area (Å²) in [5.74, 6) is 0.754.